The summed E-state index contributed by atoms with van der Waals surface area (Å²) in [5, 5.41) is 3.82. The van der Waals surface area contributed by atoms with Crippen LogP contribution >= 0.6 is 11.6 Å². The van der Waals surface area contributed by atoms with Crippen LogP contribution in [-0.4, -0.2) is 37.1 Å². The molecule has 1 heterocycles. The third-order valence-corrected chi connectivity index (χ3v) is 5.13. The van der Waals surface area contributed by atoms with E-state index in [0.29, 0.717) is 13.1 Å². The fourth-order valence-corrected chi connectivity index (χ4v) is 3.19. The van der Waals surface area contributed by atoms with E-state index >= 15 is 0 Å². The molecule has 0 aromatic heterocycles. The van der Waals surface area contributed by atoms with Gasteiger partial charge in [0.25, 0.3) is 0 Å². The van der Waals surface area contributed by atoms with Gasteiger partial charge in [-0.2, -0.15) is 0 Å². The zero-order chi connectivity index (χ0) is 18.0. The van der Waals surface area contributed by atoms with Gasteiger partial charge in [-0.05, 0) is 55.7 Å². The molecular formula is C20H24ClN3O. The van der Waals surface area contributed by atoms with Crippen molar-refractivity contribution in [3.63, 3.8) is 0 Å². The molecule has 1 aliphatic heterocycles. The van der Waals surface area contributed by atoms with Gasteiger partial charge in [0.1, 0.15) is 0 Å². The number of rotatable bonds is 2. The number of nitrogens with zero attached hydrogens (tertiary/aromatic N) is 2. The maximum absolute atomic E-state index is 12.5. The molecule has 0 aliphatic carbocycles. The van der Waals surface area contributed by atoms with Crippen molar-refractivity contribution < 1.29 is 4.79 Å². The predicted molar refractivity (Wildman–Crippen MR) is 105 cm³/mol. The molecule has 1 aliphatic rings. The number of hydrogen-bond acceptors (Lipinski definition) is 2. The molecule has 2 amide bonds. The molecule has 2 aromatic rings. The molecule has 5 heteroatoms. The first-order chi connectivity index (χ1) is 11.9. The molecular weight excluding hydrogens is 334 g/mol. The highest BCUT2D eigenvalue weighted by Crippen LogP contribution is 2.24. The summed E-state index contributed by atoms with van der Waals surface area (Å²) >= 11 is 6.23. The van der Waals surface area contributed by atoms with Crippen molar-refractivity contribution in [2.75, 3.05) is 36.4 Å². The highest BCUT2D eigenvalue weighted by Gasteiger charge is 2.22. The maximum Gasteiger partial charge on any atom is 0.321 e. The Bertz CT molecular complexity index is 783. The molecule has 4 nitrogen and oxygen atoms in total. The van der Waals surface area contributed by atoms with Crippen LogP contribution in [0.15, 0.2) is 36.4 Å². The van der Waals surface area contributed by atoms with E-state index in [0.717, 1.165) is 46.2 Å². The molecule has 1 saturated heterocycles. The van der Waals surface area contributed by atoms with Crippen LogP contribution in [0.5, 0.6) is 0 Å². The van der Waals surface area contributed by atoms with E-state index in [1.54, 1.807) is 0 Å². The lowest BCUT2D eigenvalue weighted by Crippen LogP contribution is -2.50. The van der Waals surface area contributed by atoms with Crippen LogP contribution in [0.1, 0.15) is 16.7 Å². The van der Waals surface area contributed by atoms with E-state index in [9.17, 15) is 4.79 Å². The number of nitrogens with one attached hydrogen (secondary N) is 1. The van der Waals surface area contributed by atoms with Crippen molar-refractivity contribution in [3.05, 3.63) is 58.1 Å². The maximum atomic E-state index is 12.5. The number of hydrogen-bond donors (Lipinski definition) is 1. The largest absolute Gasteiger partial charge is 0.368 e. The van der Waals surface area contributed by atoms with Crippen LogP contribution < -0.4 is 10.2 Å². The number of halogens is 1. The zero-order valence-corrected chi connectivity index (χ0v) is 15.7. The topological polar surface area (TPSA) is 35.6 Å². The second-order valence-corrected chi connectivity index (χ2v) is 7.06. The molecule has 25 heavy (non-hydrogen) atoms. The summed E-state index contributed by atoms with van der Waals surface area (Å²) in [6.45, 7) is 9.04. The van der Waals surface area contributed by atoms with Gasteiger partial charge in [0.2, 0.25) is 0 Å². The number of carbonyl (C=O) groups is 1. The predicted octanol–water partition coefficient (Wildman–Crippen LogP) is 4.62. The van der Waals surface area contributed by atoms with Gasteiger partial charge in [0, 0.05) is 42.6 Å². The molecule has 0 saturated carbocycles. The van der Waals surface area contributed by atoms with E-state index in [4.69, 9.17) is 11.6 Å². The fraction of sp³-hybridized carbons (Fsp3) is 0.350. The minimum absolute atomic E-state index is 0.0321. The van der Waals surface area contributed by atoms with Crippen molar-refractivity contribution >= 4 is 29.0 Å². The first-order valence-electron chi connectivity index (χ1n) is 8.58. The van der Waals surface area contributed by atoms with Crippen molar-refractivity contribution in [2.24, 2.45) is 0 Å². The zero-order valence-electron chi connectivity index (χ0n) is 15.0. The SMILES string of the molecule is Cc1ccc(C)c(NC(=O)N2CCN(c3ccc(C)c(Cl)c3)CC2)c1. The smallest absolute Gasteiger partial charge is 0.321 e. The minimum Gasteiger partial charge on any atom is -0.368 e. The van der Waals surface area contributed by atoms with E-state index in [2.05, 4.69) is 22.3 Å². The average molecular weight is 358 g/mol. The minimum atomic E-state index is -0.0321. The number of amides is 2. The average Bonchev–Trinajstić information content (AvgIpc) is 2.60. The molecule has 0 bridgehead atoms. The van der Waals surface area contributed by atoms with Gasteiger partial charge in [0.15, 0.2) is 0 Å². The Balaban J connectivity index is 1.60. The summed E-state index contributed by atoms with van der Waals surface area (Å²) in [7, 11) is 0. The molecule has 0 atom stereocenters. The van der Waals surface area contributed by atoms with E-state index in [-0.39, 0.29) is 6.03 Å². The third-order valence-electron chi connectivity index (χ3n) is 4.72. The molecule has 0 radical (unpaired) electrons. The molecule has 0 spiro atoms. The first-order valence-corrected chi connectivity index (χ1v) is 8.96. The van der Waals surface area contributed by atoms with Gasteiger partial charge >= 0.3 is 6.03 Å². The quantitative estimate of drug-likeness (QED) is 0.851. The summed E-state index contributed by atoms with van der Waals surface area (Å²) in [6.07, 6.45) is 0. The van der Waals surface area contributed by atoms with Gasteiger partial charge in [-0.3, -0.25) is 0 Å². The van der Waals surface area contributed by atoms with Crippen molar-refractivity contribution in [1.82, 2.24) is 4.90 Å². The second-order valence-electron chi connectivity index (χ2n) is 6.66. The summed E-state index contributed by atoms with van der Waals surface area (Å²) in [6, 6.07) is 12.2. The second kappa shape index (κ2) is 7.36. The number of anilines is 2. The normalized spacial score (nSPS) is 14.6. The van der Waals surface area contributed by atoms with Crippen LogP contribution in [0.3, 0.4) is 0 Å². The van der Waals surface area contributed by atoms with E-state index in [1.807, 2.05) is 49.9 Å². The van der Waals surface area contributed by atoms with Gasteiger partial charge in [-0.25, -0.2) is 4.79 Å². The van der Waals surface area contributed by atoms with Crippen LogP contribution in [0, 0.1) is 20.8 Å². The van der Waals surface area contributed by atoms with Crippen LogP contribution in [0.25, 0.3) is 0 Å². The van der Waals surface area contributed by atoms with Crippen LogP contribution in [-0.2, 0) is 0 Å². The fourth-order valence-electron chi connectivity index (χ4n) is 3.01. The lowest BCUT2D eigenvalue weighted by atomic mass is 10.1. The molecule has 2 aromatic carbocycles. The van der Waals surface area contributed by atoms with Crippen molar-refractivity contribution in [3.8, 4) is 0 Å². The molecule has 0 unspecified atom stereocenters. The number of aryl methyl sites for hydroxylation is 3. The molecule has 1 N–H and O–H groups in total. The standard InChI is InChI=1S/C20H24ClN3O/c1-14-4-5-16(3)19(12-14)22-20(25)24-10-8-23(9-11-24)17-7-6-15(2)18(21)13-17/h4-7,12-13H,8-11H2,1-3H3,(H,22,25). The highest BCUT2D eigenvalue weighted by molar-refractivity contribution is 6.31. The lowest BCUT2D eigenvalue weighted by Gasteiger charge is -2.36. The van der Waals surface area contributed by atoms with Crippen LogP contribution in [0.2, 0.25) is 5.02 Å². The Morgan fingerprint density at radius 1 is 0.960 bits per heavy atom. The number of benzene rings is 2. The Morgan fingerprint density at radius 3 is 2.32 bits per heavy atom. The Hall–Kier alpha value is -2.20. The lowest BCUT2D eigenvalue weighted by molar-refractivity contribution is 0.208. The number of urea groups is 1. The Labute approximate surface area is 154 Å². The number of piperazine rings is 1. The summed E-state index contributed by atoms with van der Waals surface area (Å²) in [5.41, 5.74) is 5.30. The molecule has 3 rings (SSSR count). The van der Waals surface area contributed by atoms with Crippen molar-refractivity contribution in [1.29, 1.82) is 0 Å². The third kappa shape index (κ3) is 4.07. The first kappa shape index (κ1) is 17.6. The summed E-state index contributed by atoms with van der Waals surface area (Å²) in [5.74, 6) is 0. The summed E-state index contributed by atoms with van der Waals surface area (Å²) in [4.78, 5) is 16.7. The Morgan fingerprint density at radius 2 is 1.64 bits per heavy atom. The van der Waals surface area contributed by atoms with Gasteiger partial charge in [-0.15, -0.1) is 0 Å². The number of carbonyl (C=O) groups excluding carboxylic acids is 1. The molecule has 1 fully saturated rings. The monoisotopic (exact) mass is 357 g/mol. The van der Waals surface area contributed by atoms with Gasteiger partial charge in [-0.1, -0.05) is 29.8 Å². The van der Waals surface area contributed by atoms with Crippen LogP contribution in [0.4, 0.5) is 16.2 Å². The highest BCUT2D eigenvalue weighted by atomic mass is 35.5. The van der Waals surface area contributed by atoms with Gasteiger partial charge < -0.3 is 15.1 Å². The summed E-state index contributed by atoms with van der Waals surface area (Å²) < 4.78 is 0. The molecule has 132 valence electrons. The van der Waals surface area contributed by atoms with Crippen molar-refractivity contribution in [2.45, 2.75) is 20.8 Å². The Kier molecular flexibility index (Phi) is 5.19. The van der Waals surface area contributed by atoms with E-state index in [1.165, 1.54) is 0 Å². The van der Waals surface area contributed by atoms with Gasteiger partial charge in [0.05, 0.1) is 0 Å². The van der Waals surface area contributed by atoms with E-state index < -0.39 is 0 Å².